The minimum atomic E-state index is -0.460. The largest absolute Gasteiger partial charge is 0.497 e. The zero-order valence-corrected chi connectivity index (χ0v) is 18.5. The van der Waals surface area contributed by atoms with Gasteiger partial charge in [0.25, 0.3) is 0 Å². The number of para-hydroxylation sites is 1. The van der Waals surface area contributed by atoms with E-state index in [1.807, 2.05) is 78.9 Å². The maximum absolute atomic E-state index is 12.4. The van der Waals surface area contributed by atoms with Crippen molar-refractivity contribution in [3.63, 3.8) is 0 Å². The van der Waals surface area contributed by atoms with Gasteiger partial charge in [0.2, 0.25) is 5.91 Å². The van der Waals surface area contributed by atoms with Crippen LogP contribution in [0, 0.1) is 0 Å². The van der Waals surface area contributed by atoms with Crippen molar-refractivity contribution in [3.8, 4) is 17.0 Å². The zero-order chi connectivity index (χ0) is 23.0. The van der Waals surface area contributed by atoms with Gasteiger partial charge >= 0.3 is 5.97 Å². The maximum Gasteiger partial charge on any atom is 0.325 e. The number of amides is 1. The quantitative estimate of drug-likeness (QED) is 0.370. The third-order valence-electron chi connectivity index (χ3n) is 5.47. The number of fused-ring (bicyclic) bond motifs is 1. The van der Waals surface area contributed by atoms with Crippen molar-refractivity contribution < 1.29 is 19.1 Å². The molecule has 168 valence electrons. The van der Waals surface area contributed by atoms with E-state index in [0.717, 1.165) is 39.0 Å². The van der Waals surface area contributed by atoms with Crippen LogP contribution < -0.4 is 10.1 Å². The summed E-state index contributed by atoms with van der Waals surface area (Å²) < 4.78 is 10.5. The van der Waals surface area contributed by atoms with Crippen LogP contribution >= 0.6 is 0 Å². The fourth-order valence-electron chi connectivity index (χ4n) is 3.75. The molecule has 0 radical (unpaired) electrons. The van der Waals surface area contributed by atoms with E-state index in [2.05, 4.69) is 10.3 Å². The van der Waals surface area contributed by atoms with Crippen LogP contribution in [0.3, 0.4) is 0 Å². The number of hydrogen-bond donors (Lipinski definition) is 2. The molecule has 1 amide bonds. The normalized spacial score (nSPS) is 10.7. The topological polar surface area (TPSA) is 80.4 Å². The minimum Gasteiger partial charge on any atom is -0.497 e. The van der Waals surface area contributed by atoms with Gasteiger partial charge in [0.15, 0.2) is 0 Å². The van der Waals surface area contributed by atoms with Crippen LogP contribution in [0.4, 0.5) is 0 Å². The lowest BCUT2D eigenvalue weighted by Crippen LogP contribution is -2.30. The van der Waals surface area contributed by atoms with Gasteiger partial charge in [0, 0.05) is 23.0 Å². The van der Waals surface area contributed by atoms with E-state index in [4.69, 9.17) is 9.47 Å². The highest BCUT2D eigenvalue weighted by molar-refractivity contribution is 5.91. The number of H-pyrrole nitrogens is 1. The number of ether oxygens (including phenoxy) is 2. The number of aromatic nitrogens is 1. The lowest BCUT2D eigenvalue weighted by atomic mass is 10.0. The van der Waals surface area contributed by atoms with Gasteiger partial charge in [-0.3, -0.25) is 9.59 Å². The molecule has 0 fully saturated rings. The lowest BCUT2D eigenvalue weighted by molar-refractivity contribution is -0.145. The van der Waals surface area contributed by atoms with Crippen LogP contribution in [0.2, 0.25) is 0 Å². The van der Waals surface area contributed by atoms with Gasteiger partial charge in [-0.15, -0.1) is 0 Å². The van der Waals surface area contributed by atoms with E-state index in [-0.39, 0.29) is 25.5 Å². The molecule has 0 saturated carbocycles. The monoisotopic (exact) mass is 442 g/mol. The lowest BCUT2D eigenvalue weighted by Gasteiger charge is -2.08. The molecule has 0 aliphatic heterocycles. The highest BCUT2D eigenvalue weighted by atomic mass is 16.5. The standard InChI is InChI=1S/C27H26N2O4/c1-32-21-13-11-20(12-14-21)27-23(22-9-5-6-10-24(22)29-27)15-16-25(30)28-17-26(31)33-18-19-7-3-2-4-8-19/h2-14,29H,15-18H2,1H3,(H,28,30). The summed E-state index contributed by atoms with van der Waals surface area (Å²) in [7, 11) is 1.64. The zero-order valence-electron chi connectivity index (χ0n) is 18.5. The van der Waals surface area contributed by atoms with Crippen LogP contribution in [-0.4, -0.2) is 30.5 Å². The van der Waals surface area contributed by atoms with E-state index in [0.29, 0.717) is 6.42 Å². The molecule has 1 heterocycles. The average Bonchev–Trinajstić information content (AvgIpc) is 3.24. The number of aryl methyl sites for hydroxylation is 1. The number of carbonyl (C=O) groups excluding carboxylic acids is 2. The number of nitrogens with one attached hydrogen (secondary N) is 2. The molecule has 3 aromatic carbocycles. The molecule has 0 aliphatic rings. The summed E-state index contributed by atoms with van der Waals surface area (Å²) in [4.78, 5) is 27.9. The number of carbonyl (C=O) groups is 2. The van der Waals surface area contributed by atoms with Gasteiger partial charge < -0.3 is 19.8 Å². The van der Waals surface area contributed by atoms with Crippen molar-refractivity contribution in [3.05, 3.63) is 90.0 Å². The van der Waals surface area contributed by atoms with Crippen molar-refractivity contribution >= 4 is 22.8 Å². The van der Waals surface area contributed by atoms with E-state index in [1.54, 1.807) is 7.11 Å². The summed E-state index contributed by atoms with van der Waals surface area (Å²) in [6, 6.07) is 25.3. The number of esters is 1. The van der Waals surface area contributed by atoms with Gasteiger partial charge in [-0.25, -0.2) is 0 Å². The Morgan fingerprint density at radius 3 is 2.39 bits per heavy atom. The number of methoxy groups -OCH3 is 1. The third kappa shape index (κ3) is 5.60. The second kappa shape index (κ2) is 10.5. The molecule has 0 saturated heterocycles. The molecule has 0 bridgehead atoms. The van der Waals surface area contributed by atoms with Crippen LogP contribution in [0.5, 0.6) is 5.75 Å². The van der Waals surface area contributed by atoms with Crippen molar-refractivity contribution in [2.24, 2.45) is 0 Å². The summed E-state index contributed by atoms with van der Waals surface area (Å²) in [6.45, 7) is 0.0427. The first-order valence-electron chi connectivity index (χ1n) is 10.8. The van der Waals surface area contributed by atoms with Crippen molar-refractivity contribution in [1.29, 1.82) is 0 Å². The average molecular weight is 443 g/mol. The Kier molecular flexibility index (Phi) is 7.05. The molecule has 33 heavy (non-hydrogen) atoms. The Bertz CT molecular complexity index is 1230. The first kappa shape index (κ1) is 22.1. The SMILES string of the molecule is COc1ccc(-c2[nH]c3ccccc3c2CCC(=O)NCC(=O)OCc2ccccc2)cc1. The highest BCUT2D eigenvalue weighted by Crippen LogP contribution is 2.32. The van der Waals surface area contributed by atoms with Crippen molar-refractivity contribution in [1.82, 2.24) is 10.3 Å². The van der Waals surface area contributed by atoms with E-state index < -0.39 is 5.97 Å². The predicted molar refractivity (Wildman–Crippen MR) is 128 cm³/mol. The number of aromatic amines is 1. The first-order chi connectivity index (χ1) is 16.1. The van der Waals surface area contributed by atoms with Crippen molar-refractivity contribution in [2.75, 3.05) is 13.7 Å². The summed E-state index contributed by atoms with van der Waals surface area (Å²) in [6.07, 6.45) is 0.799. The highest BCUT2D eigenvalue weighted by Gasteiger charge is 2.15. The Hall–Kier alpha value is -4.06. The van der Waals surface area contributed by atoms with Crippen LogP contribution in [0.15, 0.2) is 78.9 Å². The number of rotatable bonds is 9. The molecular weight excluding hydrogens is 416 g/mol. The summed E-state index contributed by atoms with van der Waals surface area (Å²) in [5.74, 6) is 0.130. The molecule has 4 aromatic rings. The van der Waals surface area contributed by atoms with Crippen LogP contribution in [0.25, 0.3) is 22.2 Å². The molecule has 0 spiro atoms. The minimum absolute atomic E-state index is 0.148. The predicted octanol–water partition coefficient (Wildman–Crippen LogP) is 4.64. The second-order valence-electron chi connectivity index (χ2n) is 7.68. The van der Waals surface area contributed by atoms with Gasteiger partial charge in [0.1, 0.15) is 18.9 Å². The van der Waals surface area contributed by atoms with E-state index >= 15 is 0 Å². The summed E-state index contributed by atoms with van der Waals surface area (Å²) in [5.41, 5.74) is 4.99. The number of hydrogen-bond acceptors (Lipinski definition) is 4. The Balaban J connectivity index is 1.38. The Morgan fingerprint density at radius 2 is 1.64 bits per heavy atom. The molecule has 4 rings (SSSR count). The number of benzene rings is 3. The van der Waals surface area contributed by atoms with E-state index in [9.17, 15) is 9.59 Å². The molecule has 0 aliphatic carbocycles. The molecule has 6 heteroatoms. The van der Waals surface area contributed by atoms with Crippen LogP contribution in [0.1, 0.15) is 17.5 Å². The summed E-state index contributed by atoms with van der Waals surface area (Å²) in [5, 5.41) is 3.75. The molecule has 0 unspecified atom stereocenters. The molecular formula is C27H26N2O4. The fraction of sp³-hybridized carbons (Fsp3) is 0.185. The Morgan fingerprint density at radius 1 is 0.909 bits per heavy atom. The second-order valence-corrected chi connectivity index (χ2v) is 7.68. The van der Waals surface area contributed by atoms with E-state index in [1.165, 1.54) is 0 Å². The summed E-state index contributed by atoms with van der Waals surface area (Å²) >= 11 is 0. The third-order valence-corrected chi connectivity index (χ3v) is 5.47. The molecule has 1 aromatic heterocycles. The molecule has 0 atom stereocenters. The first-order valence-corrected chi connectivity index (χ1v) is 10.8. The Labute approximate surface area is 192 Å². The van der Waals surface area contributed by atoms with Gasteiger partial charge in [-0.05, 0) is 53.4 Å². The van der Waals surface area contributed by atoms with Gasteiger partial charge in [0.05, 0.1) is 7.11 Å². The smallest absolute Gasteiger partial charge is 0.325 e. The van der Waals surface area contributed by atoms with Gasteiger partial charge in [-0.1, -0.05) is 48.5 Å². The molecule has 2 N–H and O–H groups in total. The fourth-order valence-corrected chi connectivity index (χ4v) is 3.75. The van der Waals surface area contributed by atoms with Crippen molar-refractivity contribution in [2.45, 2.75) is 19.4 Å². The van der Waals surface area contributed by atoms with Gasteiger partial charge in [-0.2, -0.15) is 0 Å². The van der Waals surface area contributed by atoms with Crippen LogP contribution in [-0.2, 0) is 27.4 Å². The molecule has 6 nitrogen and oxygen atoms in total. The maximum atomic E-state index is 12.4.